The van der Waals surface area contributed by atoms with Gasteiger partial charge in [0.05, 0.1) is 18.5 Å². The van der Waals surface area contributed by atoms with Gasteiger partial charge in [0.2, 0.25) is 0 Å². The number of anilines is 1. The smallest absolute Gasteiger partial charge is 0.335 e. The maximum absolute atomic E-state index is 13.8. The van der Waals surface area contributed by atoms with Gasteiger partial charge in [0, 0.05) is 0 Å². The van der Waals surface area contributed by atoms with E-state index in [9.17, 15) is 4.79 Å². The predicted octanol–water partition coefficient (Wildman–Crippen LogP) is 3.67. The summed E-state index contributed by atoms with van der Waals surface area (Å²) >= 11 is 0. The van der Waals surface area contributed by atoms with Crippen molar-refractivity contribution in [2.24, 2.45) is 0 Å². The molecule has 2 N–H and O–H groups in total. The van der Waals surface area contributed by atoms with Crippen LogP contribution in [0.15, 0.2) is 12.5 Å². The topological polar surface area (TPSA) is 123 Å². The molecule has 3 atom stereocenters. The number of nitrogen functional groups attached to an aromatic ring is 1. The Balaban J connectivity index is 1.78. The van der Waals surface area contributed by atoms with E-state index in [1.165, 1.54) is 10.8 Å². The zero-order valence-corrected chi connectivity index (χ0v) is 23.3. The van der Waals surface area contributed by atoms with Crippen LogP contribution >= 0.6 is 0 Å². The summed E-state index contributed by atoms with van der Waals surface area (Å²) in [5.41, 5.74) is 7.49. The van der Waals surface area contributed by atoms with Gasteiger partial charge in [0.15, 0.2) is 23.4 Å². The average Bonchev–Trinajstić information content (AvgIpc) is 3.29. The van der Waals surface area contributed by atoms with Gasteiger partial charge in [-0.2, -0.15) is 5.10 Å². The van der Waals surface area contributed by atoms with Crippen molar-refractivity contribution in [2.75, 3.05) is 12.3 Å². The fraction of sp³-hybridized carbons (Fsp3) is 0.727. The molecular weight excluding hydrogens is 470 g/mol. The monoisotopic (exact) mass is 507 g/mol. The van der Waals surface area contributed by atoms with E-state index in [2.05, 4.69) is 70.5 Å². The van der Waals surface area contributed by atoms with Crippen LogP contribution in [0.25, 0.3) is 5.65 Å². The van der Waals surface area contributed by atoms with Crippen LogP contribution in [-0.2, 0) is 22.5 Å². The standard InChI is InChI=1S/C22H37N5O5Si2/c1-12(2)33(13(3)4)29-10-17-20(31-34(32-33,14(5)6)15(7)8)18(28)19(30-17)16-9-24-22-21(23)25-11-26-27(16)22/h9,11-15,17,19-20H,10H2,1-8H3,(H2,23,25,26)/t17-,19+,20-/m1/s1. The number of rotatable bonds is 5. The molecule has 2 aliphatic heterocycles. The van der Waals surface area contributed by atoms with E-state index in [0.29, 0.717) is 11.3 Å². The van der Waals surface area contributed by atoms with Crippen molar-refractivity contribution in [1.82, 2.24) is 19.6 Å². The van der Waals surface area contributed by atoms with Crippen LogP contribution in [0.1, 0.15) is 67.2 Å². The molecule has 2 aromatic heterocycles. The van der Waals surface area contributed by atoms with Crippen molar-refractivity contribution in [3.8, 4) is 0 Å². The fourth-order valence-corrected chi connectivity index (χ4v) is 16.4. The molecule has 0 amide bonds. The SMILES string of the molecule is CC(C)[Si]1(C(C)C)OC[C@H]2O[C@@H](c3cnc4c(N)ncnn34)C(=O)[C@@H]2O[Si](C(C)C)(C(C)C)O1. The van der Waals surface area contributed by atoms with Gasteiger partial charge in [-0.25, -0.2) is 14.5 Å². The van der Waals surface area contributed by atoms with Gasteiger partial charge in [-0.1, -0.05) is 55.4 Å². The van der Waals surface area contributed by atoms with Crippen LogP contribution in [0.5, 0.6) is 0 Å². The maximum atomic E-state index is 13.8. The minimum Gasteiger partial charge on any atom is -0.414 e. The molecule has 0 bridgehead atoms. The first kappa shape index (κ1) is 25.4. The molecular formula is C22H37N5O5Si2. The number of aromatic nitrogens is 4. The minimum absolute atomic E-state index is 0.120. The Hall–Kier alpha value is -1.71. The van der Waals surface area contributed by atoms with Gasteiger partial charge in [-0.05, 0) is 22.2 Å². The maximum Gasteiger partial charge on any atom is 0.335 e. The Kier molecular flexibility index (Phi) is 6.77. The van der Waals surface area contributed by atoms with E-state index in [1.807, 2.05) is 0 Å². The zero-order valence-electron chi connectivity index (χ0n) is 21.3. The zero-order chi connectivity index (χ0) is 25.0. The Morgan fingerprint density at radius 2 is 1.62 bits per heavy atom. The second-order valence-corrected chi connectivity index (χ2v) is 19.4. The third-order valence-electron chi connectivity index (χ3n) is 7.14. The molecule has 2 aliphatic rings. The molecule has 0 spiro atoms. The van der Waals surface area contributed by atoms with Crippen molar-refractivity contribution >= 4 is 34.4 Å². The number of imidazole rings is 1. The number of nitrogens with two attached hydrogens (primary N) is 1. The molecule has 34 heavy (non-hydrogen) atoms. The van der Waals surface area contributed by atoms with Crippen molar-refractivity contribution in [3.63, 3.8) is 0 Å². The summed E-state index contributed by atoms with van der Waals surface area (Å²) in [4.78, 5) is 22.0. The van der Waals surface area contributed by atoms with Crippen LogP contribution in [0.2, 0.25) is 22.2 Å². The fourth-order valence-electron chi connectivity index (χ4n) is 5.28. The van der Waals surface area contributed by atoms with E-state index in [0.717, 1.165) is 0 Å². The quantitative estimate of drug-likeness (QED) is 0.604. The highest BCUT2D eigenvalue weighted by molar-refractivity contribution is 6.84. The van der Waals surface area contributed by atoms with Crippen LogP contribution < -0.4 is 5.73 Å². The first-order valence-electron chi connectivity index (χ1n) is 12.1. The number of hydrogen-bond acceptors (Lipinski definition) is 9. The summed E-state index contributed by atoms with van der Waals surface area (Å²) in [7, 11) is -5.63. The Morgan fingerprint density at radius 1 is 1.00 bits per heavy atom. The van der Waals surface area contributed by atoms with E-state index in [1.54, 1.807) is 6.20 Å². The third kappa shape index (κ3) is 3.84. The lowest BCUT2D eigenvalue weighted by molar-refractivity contribution is -0.127. The van der Waals surface area contributed by atoms with Crippen molar-refractivity contribution < 1.29 is 22.5 Å². The summed E-state index contributed by atoms with van der Waals surface area (Å²) in [6.07, 6.45) is 0.694. The lowest BCUT2D eigenvalue weighted by Gasteiger charge is -2.50. The summed E-state index contributed by atoms with van der Waals surface area (Å²) in [5.74, 6) is 0.0685. The molecule has 0 aromatic carbocycles. The van der Waals surface area contributed by atoms with Gasteiger partial charge < -0.3 is 23.4 Å². The van der Waals surface area contributed by atoms with Gasteiger partial charge in [-0.3, -0.25) is 4.79 Å². The van der Waals surface area contributed by atoms with Crippen molar-refractivity contribution in [1.29, 1.82) is 0 Å². The second-order valence-electron chi connectivity index (χ2n) is 10.5. The summed E-state index contributed by atoms with van der Waals surface area (Å²) in [5, 5.41) is 4.24. The molecule has 0 unspecified atom stereocenters. The highest BCUT2D eigenvalue weighted by Gasteiger charge is 2.61. The molecule has 0 saturated carbocycles. The molecule has 10 nitrogen and oxygen atoms in total. The predicted molar refractivity (Wildman–Crippen MR) is 132 cm³/mol. The molecule has 0 aliphatic carbocycles. The summed E-state index contributed by atoms with van der Waals surface area (Å²) < 4.78 is 28.6. The van der Waals surface area contributed by atoms with Crippen molar-refractivity contribution in [3.05, 3.63) is 18.2 Å². The Bertz CT molecular complexity index is 1040. The van der Waals surface area contributed by atoms with Crippen LogP contribution in [0.4, 0.5) is 5.82 Å². The summed E-state index contributed by atoms with van der Waals surface area (Å²) in [6.45, 7) is 17.4. The Labute approximate surface area is 203 Å². The van der Waals surface area contributed by atoms with Crippen LogP contribution in [0.3, 0.4) is 0 Å². The molecule has 0 radical (unpaired) electrons. The van der Waals surface area contributed by atoms with Gasteiger partial charge >= 0.3 is 17.1 Å². The number of carbonyl (C=O) groups is 1. The molecule has 4 heterocycles. The second kappa shape index (κ2) is 9.06. The molecule has 2 saturated heterocycles. The van der Waals surface area contributed by atoms with Crippen LogP contribution in [-0.4, -0.2) is 61.3 Å². The average molecular weight is 508 g/mol. The highest BCUT2D eigenvalue weighted by atomic mass is 28.5. The van der Waals surface area contributed by atoms with Crippen molar-refractivity contribution in [2.45, 2.75) is 95.9 Å². The lowest BCUT2D eigenvalue weighted by Crippen LogP contribution is -2.65. The van der Waals surface area contributed by atoms with Gasteiger partial charge in [-0.15, -0.1) is 0 Å². The van der Waals surface area contributed by atoms with E-state index >= 15 is 0 Å². The highest BCUT2D eigenvalue weighted by Crippen LogP contribution is 2.48. The van der Waals surface area contributed by atoms with E-state index in [-0.39, 0.29) is 40.4 Å². The van der Waals surface area contributed by atoms with Gasteiger partial charge in [0.25, 0.3) is 0 Å². The number of Topliss-reactive ketones (excluding diaryl/α,β-unsaturated/α-hetero) is 1. The summed E-state index contributed by atoms with van der Waals surface area (Å²) in [6, 6.07) is 0. The number of ether oxygens (including phenoxy) is 1. The minimum atomic E-state index is -2.92. The molecule has 2 fully saturated rings. The number of carbonyl (C=O) groups excluding carboxylic acids is 1. The van der Waals surface area contributed by atoms with E-state index in [4.69, 9.17) is 23.4 Å². The number of ketones is 1. The number of hydrogen-bond donors (Lipinski definition) is 1. The number of nitrogens with zero attached hydrogens (tertiary/aromatic N) is 4. The molecule has 4 rings (SSSR count). The normalized spacial score (nSPS) is 27.1. The first-order chi connectivity index (χ1) is 15.9. The number of fused-ring (bicyclic) bond motifs is 2. The molecule has 12 heteroatoms. The first-order valence-corrected chi connectivity index (χ1v) is 16.0. The molecule has 2 aromatic rings. The van der Waals surface area contributed by atoms with Gasteiger partial charge in [0.1, 0.15) is 18.5 Å². The lowest BCUT2D eigenvalue weighted by atomic mass is 10.1. The third-order valence-corrected chi connectivity index (χ3v) is 17.4. The van der Waals surface area contributed by atoms with E-state index < -0.39 is 35.4 Å². The Morgan fingerprint density at radius 3 is 2.21 bits per heavy atom. The van der Waals surface area contributed by atoms with Crippen LogP contribution in [0, 0.1) is 0 Å². The largest absolute Gasteiger partial charge is 0.414 e. The molecule has 188 valence electrons.